The van der Waals surface area contributed by atoms with Crippen LogP contribution in [0.15, 0.2) is 18.2 Å². The number of aryl methyl sites for hydroxylation is 5. The Kier molecular flexibility index (Phi) is 5.38. The molecule has 0 fully saturated rings. The van der Waals surface area contributed by atoms with Gasteiger partial charge >= 0.3 is 5.97 Å². The van der Waals surface area contributed by atoms with E-state index < -0.39 is 0 Å². The van der Waals surface area contributed by atoms with Crippen LogP contribution in [-0.4, -0.2) is 18.4 Å². The van der Waals surface area contributed by atoms with Crippen molar-refractivity contribution in [3.05, 3.63) is 55.8 Å². The largest absolute Gasteiger partial charge is 0.453 e. The third-order valence-electron chi connectivity index (χ3n) is 4.92. The molecule has 1 aromatic carbocycles. The molecule has 25 heavy (non-hydrogen) atoms. The maximum atomic E-state index is 12.4. The molecule has 1 aromatic heterocycles. The Morgan fingerprint density at radius 3 is 2.48 bits per heavy atom. The number of esters is 1. The molecule has 3 rings (SSSR count). The Morgan fingerprint density at radius 1 is 0.960 bits per heavy atom. The highest BCUT2D eigenvalue weighted by molar-refractivity contribution is 7.14. The van der Waals surface area contributed by atoms with Gasteiger partial charge in [0.1, 0.15) is 4.88 Å². The molecule has 0 spiro atoms. The number of ether oxygens (including phenoxy) is 1. The summed E-state index contributed by atoms with van der Waals surface area (Å²) >= 11 is 1.53. The molecular formula is C21H24O3S. The molecule has 1 heterocycles. The number of hydrogen-bond acceptors (Lipinski definition) is 4. The highest BCUT2D eigenvalue weighted by Gasteiger charge is 2.19. The summed E-state index contributed by atoms with van der Waals surface area (Å²) in [7, 11) is 0. The van der Waals surface area contributed by atoms with E-state index in [0.29, 0.717) is 10.4 Å². The van der Waals surface area contributed by atoms with Crippen LogP contribution in [0.2, 0.25) is 0 Å². The predicted molar refractivity (Wildman–Crippen MR) is 101 cm³/mol. The first kappa shape index (κ1) is 17.9. The maximum Gasteiger partial charge on any atom is 0.348 e. The fourth-order valence-electron chi connectivity index (χ4n) is 3.31. The van der Waals surface area contributed by atoms with Gasteiger partial charge in [0.15, 0.2) is 6.61 Å². The van der Waals surface area contributed by atoms with E-state index in [0.717, 1.165) is 29.5 Å². The van der Waals surface area contributed by atoms with Crippen molar-refractivity contribution in [1.29, 1.82) is 0 Å². The lowest BCUT2D eigenvalue weighted by molar-refractivity contribution is 0.0479. The Bertz CT molecular complexity index is 793. The monoisotopic (exact) mass is 356 g/mol. The topological polar surface area (TPSA) is 43.4 Å². The molecule has 0 aliphatic heterocycles. The highest BCUT2D eigenvalue weighted by atomic mass is 32.1. The lowest BCUT2D eigenvalue weighted by Crippen LogP contribution is -2.15. The van der Waals surface area contributed by atoms with E-state index in [9.17, 15) is 9.59 Å². The second kappa shape index (κ2) is 7.52. The van der Waals surface area contributed by atoms with Crippen molar-refractivity contribution in [3.63, 3.8) is 0 Å². The Balaban J connectivity index is 1.66. The summed E-state index contributed by atoms with van der Waals surface area (Å²) < 4.78 is 5.30. The van der Waals surface area contributed by atoms with Crippen molar-refractivity contribution >= 4 is 23.1 Å². The number of rotatable bonds is 4. The number of ketones is 1. The first-order chi connectivity index (χ1) is 12.0. The molecule has 0 unspecified atom stereocenters. The van der Waals surface area contributed by atoms with Crippen molar-refractivity contribution in [2.75, 3.05) is 6.61 Å². The molecule has 3 nitrogen and oxygen atoms in total. The van der Waals surface area contributed by atoms with Crippen LogP contribution in [0.4, 0.5) is 0 Å². The second-order valence-corrected chi connectivity index (χ2v) is 8.01. The third kappa shape index (κ3) is 4.01. The average Bonchev–Trinajstić information content (AvgIpc) is 2.86. The van der Waals surface area contributed by atoms with Crippen LogP contribution in [0.25, 0.3) is 0 Å². The zero-order valence-electron chi connectivity index (χ0n) is 15.1. The first-order valence-electron chi connectivity index (χ1n) is 8.85. The molecule has 0 N–H and O–H groups in total. The molecule has 1 aliphatic rings. The van der Waals surface area contributed by atoms with Crippen LogP contribution in [0, 0.1) is 20.8 Å². The highest BCUT2D eigenvalue weighted by Crippen LogP contribution is 2.29. The number of fused-ring (bicyclic) bond motifs is 1. The van der Waals surface area contributed by atoms with E-state index in [2.05, 4.69) is 0 Å². The molecule has 132 valence electrons. The Labute approximate surface area is 153 Å². The minimum Gasteiger partial charge on any atom is -0.453 e. The van der Waals surface area contributed by atoms with Crippen LogP contribution in [0.1, 0.15) is 66.4 Å². The molecule has 0 radical (unpaired) electrons. The van der Waals surface area contributed by atoms with Gasteiger partial charge in [-0.2, -0.15) is 0 Å². The summed E-state index contributed by atoms with van der Waals surface area (Å²) in [4.78, 5) is 26.7. The summed E-state index contributed by atoms with van der Waals surface area (Å²) in [6.45, 7) is 5.72. The Morgan fingerprint density at radius 2 is 1.68 bits per heavy atom. The summed E-state index contributed by atoms with van der Waals surface area (Å²) in [6, 6.07) is 5.84. The van der Waals surface area contributed by atoms with Gasteiger partial charge in [-0.25, -0.2) is 4.79 Å². The van der Waals surface area contributed by atoms with Gasteiger partial charge in [-0.15, -0.1) is 11.3 Å². The standard InChI is InChI=1S/C21H24O3S/c1-13-9-15(3)17(10-14(13)2)18(22)12-24-21(23)20-11-16-7-5-4-6-8-19(16)25-20/h9-11H,4-8,12H2,1-3H3. The lowest BCUT2D eigenvalue weighted by Gasteiger charge is -2.09. The van der Waals surface area contributed by atoms with Crippen molar-refractivity contribution in [2.45, 2.75) is 52.9 Å². The van der Waals surface area contributed by atoms with Gasteiger partial charge in [0, 0.05) is 10.4 Å². The minimum atomic E-state index is -0.382. The van der Waals surface area contributed by atoms with Crippen molar-refractivity contribution < 1.29 is 14.3 Å². The normalized spacial score (nSPS) is 13.9. The summed E-state index contributed by atoms with van der Waals surface area (Å²) in [5.41, 5.74) is 5.07. The number of hydrogen-bond donors (Lipinski definition) is 0. The smallest absolute Gasteiger partial charge is 0.348 e. The zero-order chi connectivity index (χ0) is 18.0. The number of carbonyl (C=O) groups is 2. The average molecular weight is 356 g/mol. The molecule has 0 amide bonds. The molecule has 0 bridgehead atoms. The third-order valence-corrected chi connectivity index (χ3v) is 6.14. The van der Waals surface area contributed by atoms with E-state index in [-0.39, 0.29) is 18.4 Å². The molecular weight excluding hydrogens is 332 g/mol. The van der Waals surface area contributed by atoms with Crippen LogP contribution in [0.5, 0.6) is 0 Å². The number of Topliss-reactive ketones (excluding diaryl/α,β-unsaturated/α-hetero) is 1. The van der Waals surface area contributed by atoms with Gasteiger partial charge in [0.2, 0.25) is 5.78 Å². The minimum absolute atomic E-state index is 0.146. The van der Waals surface area contributed by atoms with Crippen LogP contribution >= 0.6 is 11.3 Å². The Hall–Kier alpha value is -1.94. The SMILES string of the molecule is Cc1cc(C)c(C(=O)COC(=O)c2cc3c(s2)CCCCC3)cc1C. The van der Waals surface area contributed by atoms with Crippen LogP contribution in [-0.2, 0) is 17.6 Å². The van der Waals surface area contributed by atoms with Crippen molar-refractivity contribution in [1.82, 2.24) is 0 Å². The number of thiophene rings is 1. The van der Waals surface area contributed by atoms with E-state index in [1.165, 1.54) is 41.0 Å². The molecule has 4 heteroatoms. The second-order valence-electron chi connectivity index (χ2n) is 6.87. The van der Waals surface area contributed by atoms with E-state index in [1.54, 1.807) is 0 Å². The van der Waals surface area contributed by atoms with E-state index in [4.69, 9.17) is 4.74 Å². The van der Waals surface area contributed by atoms with E-state index >= 15 is 0 Å². The molecule has 2 aromatic rings. The van der Waals surface area contributed by atoms with Gasteiger partial charge in [0.05, 0.1) is 0 Å². The van der Waals surface area contributed by atoms with Gasteiger partial charge in [-0.3, -0.25) is 4.79 Å². The van der Waals surface area contributed by atoms with Crippen molar-refractivity contribution in [3.8, 4) is 0 Å². The van der Waals surface area contributed by atoms with Gasteiger partial charge in [0.25, 0.3) is 0 Å². The van der Waals surface area contributed by atoms with Crippen LogP contribution in [0.3, 0.4) is 0 Å². The molecule has 0 saturated carbocycles. The van der Waals surface area contributed by atoms with Gasteiger partial charge in [-0.05, 0) is 80.8 Å². The van der Waals surface area contributed by atoms with Crippen molar-refractivity contribution in [2.24, 2.45) is 0 Å². The maximum absolute atomic E-state index is 12.4. The number of carbonyl (C=O) groups excluding carboxylic acids is 2. The van der Waals surface area contributed by atoms with E-state index in [1.807, 2.05) is 39.0 Å². The fourth-order valence-corrected chi connectivity index (χ4v) is 4.46. The molecule has 1 aliphatic carbocycles. The van der Waals surface area contributed by atoms with Crippen LogP contribution < -0.4 is 0 Å². The van der Waals surface area contributed by atoms with Gasteiger partial charge in [-0.1, -0.05) is 12.5 Å². The summed E-state index contributed by atoms with van der Waals surface area (Å²) in [5.74, 6) is -0.528. The first-order valence-corrected chi connectivity index (χ1v) is 9.67. The summed E-state index contributed by atoms with van der Waals surface area (Å²) in [5, 5.41) is 0. The quantitative estimate of drug-likeness (QED) is 0.441. The molecule has 0 saturated heterocycles. The summed E-state index contributed by atoms with van der Waals surface area (Å²) in [6.07, 6.45) is 5.72. The molecule has 0 atom stereocenters. The van der Waals surface area contributed by atoms with Gasteiger partial charge < -0.3 is 4.74 Å². The fraction of sp³-hybridized carbons (Fsp3) is 0.429. The zero-order valence-corrected chi connectivity index (χ0v) is 15.9. The predicted octanol–water partition coefficient (Wildman–Crippen LogP) is 4.98. The lowest BCUT2D eigenvalue weighted by atomic mass is 9.98. The number of benzene rings is 1.